The molecular weight excluding hydrogens is 400 g/mol. The van der Waals surface area contributed by atoms with Crippen LogP contribution < -0.4 is 10.1 Å². The molecular formula is C24H21ClN2O3. The van der Waals surface area contributed by atoms with E-state index in [9.17, 15) is 4.79 Å². The molecule has 0 spiro atoms. The number of oxazole rings is 1. The van der Waals surface area contributed by atoms with Gasteiger partial charge in [0.2, 0.25) is 5.89 Å². The summed E-state index contributed by atoms with van der Waals surface area (Å²) in [6.45, 7) is 4.64. The summed E-state index contributed by atoms with van der Waals surface area (Å²) in [4.78, 5) is 17.1. The Labute approximate surface area is 179 Å². The number of halogens is 1. The van der Waals surface area contributed by atoms with Gasteiger partial charge >= 0.3 is 0 Å². The fraction of sp³-hybridized carbons (Fsp3) is 0.167. The van der Waals surface area contributed by atoms with E-state index in [1.165, 1.54) is 0 Å². The molecule has 152 valence electrons. The lowest BCUT2D eigenvalue weighted by molar-refractivity contribution is 0.102. The molecule has 0 unspecified atom stereocenters. The van der Waals surface area contributed by atoms with Crippen LogP contribution >= 0.6 is 11.6 Å². The standard InChI is InChI=1S/C24H21ClN2O3/c1-3-12-29-19-9-6-16(7-10-19)23(28)26-18-8-11-22-21(14-18)27-24(30-22)17-5-4-15(2)20(25)13-17/h4-11,13-14H,3,12H2,1-2H3,(H,26,28). The SMILES string of the molecule is CCCOc1ccc(C(=O)Nc2ccc3oc(-c4ccc(C)c(Cl)c4)nc3c2)cc1. The van der Waals surface area contributed by atoms with Gasteiger partial charge in [0.25, 0.3) is 5.91 Å². The van der Waals surface area contributed by atoms with Crippen LogP contribution in [-0.2, 0) is 0 Å². The summed E-state index contributed by atoms with van der Waals surface area (Å²) in [5, 5.41) is 3.56. The van der Waals surface area contributed by atoms with Crippen LogP contribution in [0.1, 0.15) is 29.3 Å². The van der Waals surface area contributed by atoms with Gasteiger partial charge in [0.05, 0.1) is 6.61 Å². The number of nitrogens with zero attached hydrogens (tertiary/aromatic N) is 1. The zero-order valence-corrected chi connectivity index (χ0v) is 17.5. The van der Waals surface area contributed by atoms with Gasteiger partial charge < -0.3 is 14.5 Å². The van der Waals surface area contributed by atoms with Gasteiger partial charge in [-0.2, -0.15) is 0 Å². The molecule has 4 rings (SSSR count). The molecule has 3 aromatic carbocycles. The van der Waals surface area contributed by atoms with Crippen molar-refractivity contribution in [1.29, 1.82) is 0 Å². The fourth-order valence-corrected chi connectivity index (χ4v) is 3.16. The number of benzene rings is 3. The Balaban J connectivity index is 1.52. The fourth-order valence-electron chi connectivity index (χ4n) is 2.98. The molecule has 0 aliphatic carbocycles. The van der Waals surface area contributed by atoms with Gasteiger partial charge in [0.15, 0.2) is 5.58 Å². The molecule has 1 heterocycles. The first-order valence-electron chi connectivity index (χ1n) is 9.75. The monoisotopic (exact) mass is 420 g/mol. The number of anilines is 1. The van der Waals surface area contributed by atoms with Gasteiger partial charge in [0.1, 0.15) is 11.3 Å². The van der Waals surface area contributed by atoms with E-state index in [0.29, 0.717) is 39.9 Å². The van der Waals surface area contributed by atoms with Crippen LogP contribution in [-0.4, -0.2) is 17.5 Å². The molecule has 0 aliphatic heterocycles. The van der Waals surface area contributed by atoms with Crippen LogP contribution in [0.3, 0.4) is 0 Å². The van der Waals surface area contributed by atoms with Gasteiger partial charge in [-0.1, -0.05) is 24.6 Å². The van der Waals surface area contributed by atoms with E-state index in [-0.39, 0.29) is 5.91 Å². The van der Waals surface area contributed by atoms with Gasteiger partial charge in [0, 0.05) is 21.8 Å². The van der Waals surface area contributed by atoms with Gasteiger partial charge in [-0.3, -0.25) is 4.79 Å². The first kappa shape index (κ1) is 20.0. The van der Waals surface area contributed by atoms with Crippen molar-refractivity contribution >= 4 is 34.3 Å². The lowest BCUT2D eigenvalue weighted by atomic mass is 10.1. The predicted octanol–water partition coefficient (Wildman–Crippen LogP) is 6.50. The second-order valence-electron chi connectivity index (χ2n) is 6.99. The van der Waals surface area contributed by atoms with E-state index in [1.807, 2.05) is 32.0 Å². The first-order chi connectivity index (χ1) is 14.5. The predicted molar refractivity (Wildman–Crippen MR) is 119 cm³/mol. The van der Waals surface area contributed by atoms with Crippen LogP contribution in [0.15, 0.2) is 65.1 Å². The number of hydrogen-bond donors (Lipinski definition) is 1. The molecule has 0 radical (unpaired) electrons. The molecule has 0 saturated carbocycles. The highest BCUT2D eigenvalue weighted by molar-refractivity contribution is 6.31. The van der Waals surface area contributed by atoms with Crippen LogP contribution in [0.4, 0.5) is 5.69 Å². The minimum atomic E-state index is -0.203. The topological polar surface area (TPSA) is 64.4 Å². The Morgan fingerprint density at radius 2 is 1.90 bits per heavy atom. The summed E-state index contributed by atoms with van der Waals surface area (Å²) in [7, 11) is 0. The number of ether oxygens (including phenoxy) is 1. The van der Waals surface area contributed by atoms with Crippen LogP contribution in [0.25, 0.3) is 22.6 Å². The number of hydrogen-bond acceptors (Lipinski definition) is 4. The number of fused-ring (bicyclic) bond motifs is 1. The van der Waals surface area contributed by atoms with Crippen LogP contribution in [0.5, 0.6) is 5.75 Å². The molecule has 0 bridgehead atoms. The van der Waals surface area contributed by atoms with E-state index in [0.717, 1.165) is 23.3 Å². The average Bonchev–Trinajstić information content (AvgIpc) is 3.18. The zero-order chi connectivity index (χ0) is 21.1. The first-order valence-corrected chi connectivity index (χ1v) is 10.1. The second-order valence-corrected chi connectivity index (χ2v) is 7.40. The number of aryl methyl sites for hydroxylation is 1. The van der Waals surface area contributed by atoms with Gasteiger partial charge in [-0.05, 0) is 73.5 Å². The van der Waals surface area contributed by atoms with E-state index in [1.54, 1.807) is 42.5 Å². The third-order valence-electron chi connectivity index (χ3n) is 4.65. The second kappa shape index (κ2) is 8.59. The van der Waals surface area contributed by atoms with Crippen LogP contribution in [0.2, 0.25) is 5.02 Å². The number of aromatic nitrogens is 1. The van der Waals surface area contributed by atoms with Gasteiger partial charge in [-0.15, -0.1) is 0 Å². The summed E-state index contributed by atoms with van der Waals surface area (Å²) in [5.41, 5.74) is 4.28. The highest BCUT2D eigenvalue weighted by Crippen LogP contribution is 2.29. The number of carbonyl (C=O) groups is 1. The summed E-state index contributed by atoms with van der Waals surface area (Å²) in [6, 6.07) is 18.1. The zero-order valence-electron chi connectivity index (χ0n) is 16.7. The maximum absolute atomic E-state index is 12.6. The molecule has 1 aromatic heterocycles. The highest BCUT2D eigenvalue weighted by atomic mass is 35.5. The number of amides is 1. The third-order valence-corrected chi connectivity index (χ3v) is 5.06. The Hall–Kier alpha value is -3.31. The number of carbonyl (C=O) groups excluding carboxylic acids is 1. The summed E-state index contributed by atoms with van der Waals surface area (Å²) >= 11 is 6.21. The molecule has 1 amide bonds. The minimum Gasteiger partial charge on any atom is -0.494 e. The normalized spacial score (nSPS) is 10.9. The summed E-state index contributed by atoms with van der Waals surface area (Å²) in [6.07, 6.45) is 0.936. The molecule has 4 aromatic rings. The third kappa shape index (κ3) is 4.31. The molecule has 0 atom stereocenters. The molecule has 0 fully saturated rings. The van der Waals surface area contributed by atoms with E-state index >= 15 is 0 Å². The molecule has 0 saturated heterocycles. The molecule has 30 heavy (non-hydrogen) atoms. The Kier molecular flexibility index (Phi) is 5.72. The van der Waals surface area contributed by atoms with Crippen molar-refractivity contribution in [3.05, 3.63) is 76.8 Å². The average molecular weight is 421 g/mol. The summed E-state index contributed by atoms with van der Waals surface area (Å²) < 4.78 is 11.4. The molecule has 0 aliphatic rings. The van der Waals surface area contributed by atoms with E-state index in [2.05, 4.69) is 10.3 Å². The van der Waals surface area contributed by atoms with Crippen molar-refractivity contribution in [3.63, 3.8) is 0 Å². The van der Waals surface area contributed by atoms with Crippen molar-refractivity contribution in [1.82, 2.24) is 4.98 Å². The highest BCUT2D eigenvalue weighted by Gasteiger charge is 2.12. The van der Waals surface area contributed by atoms with Crippen molar-refractivity contribution < 1.29 is 13.9 Å². The smallest absolute Gasteiger partial charge is 0.255 e. The van der Waals surface area contributed by atoms with E-state index in [4.69, 9.17) is 20.8 Å². The Morgan fingerprint density at radius 1 is 1.10 bits per heavy atom. The number of nitrogens with one attached hydrogen (secondary N) is 1. The lowest BCUT2D eigenvalue weighted by Crippen LogP contribution is -2.11. The molecule has 1 N–H and O–H groups in total. The quantitative estimate of drug-likeness (QED) is 0.386. The Bertz CT molecular complexity index is 1200. The van der Waals surface area contributed by atoms with Crippen molar-refractivity contribution in [2.24, 2.45) is 0 Å². The molecule has 6 heteroatoms. The summed E-state index contributed by atoms with van der Waals surface area (Å²) in [5.74, 6) is 1.03. The van der Waals surface area contributed by atoms with Crippen molar-refractivity contribution in [2.45, 2.75) is 20.3 Å². The van der Waals surface area contributed by atoms with Crippen molar-refractivity contribution in [3.8, 4) is 17.2 Å². The largest absolute Gasteiger partial charge is 0.494 e. The maximum Gasteiger partial charge on any atom is 0.255 e. The maximum atomic E-state index is 12.6. The van der Waals surface area contributed by atoms with E-state index < -0.39 is 0 Å². The number of rotatable bonds is 6. The van der Waals surface area contributed by atoms with Gasteiger partial charge in [-0.25, -0.2) is 4.98 Å². The van der Waals surface area contributed by atoms with Crippen molar-refractivity contribution in [2.75, 3.05) is 11.9 Å². The lowest BCUT2D eigenvalue weighted by Gasteiger charge is -2.07. The Morgan fingerprint density at radius 3 is 2.63 bits per heavy atom. The van der Waals surface area contributed by atoms with Crippen LogP contribution in [0, 0.1) is 6.92 Å². The minimum absolute atomic E-state index is 0.203. The molecule has 5 nitrogen and oxygen atoms in total.